The lowest BCUT2D eigenvalue weighted by Gasteiger charge is -2.27. The van der Waals surface area contributed by atoms with Crippen LogP contribution in [0.5, 0.6) is 0 Å². The van der Waals surface area contributed by atoms with E-state index < -0.39 is 0 Å². The predicted molar refractivity (Wildman–Crippen MR) is 87.3 cm³/mol. The van der Waals surface area contributed by atoms with Gasteiger partial charge in [-0.15, -0.1) is 0 Å². The number of rotatable bonds is 4. The van der Waals surface area contributed by atoms with E-state index in [1.165, 1.54) is 11.3 Å². The molecule has 2 aromatic rings. The molecule has 3 heterocycles. The minimum absolute atomic E-state index is 0.0579. The SMILES string of the molecule is CCn1ncc(CN2CCc3nc(C4CC4)[nH]c(=O)c3C2)c1C. The minimum Gasteiger partial charge on any atom is -0.310 e. The molecule has 0 atom stereocenters. The van der Waals surface area contributed by atoms with Gasteiger partial charge in [0.25, 0.3) is 5.56 Å². The van der Waals surface area contributed by atoms with Crippen molar-refractivity contribution >= 4 is 0 Å². The zero-order valence-corrected chi connectivity index (χ0v) is 13.8. The summed E-state index contributed by atoms with van der Waals surface area (Å²) >= 11 is 0. The van der Waals surface area contributed by atoms with Crippen molar-refractivity contribution in [2.24, 2.45) is 0 Å². The quantitative estimate of drug-likeness (QED) is 0.933. The second-order valence-corrected chi connectivity index (χ2v) is 6.68. The van der Waals surface area contributed by atoms with Crippen LogP contribution in [-0.2, 0) is 26.1 Å². The van der Waals surface area contributed by atoms with Crippen LogP contribution in [0.15, 0.2) is 11.0 Å². The Morgan fingerprint density at radius 1 is 1.39 bits per heavy atom. The Morgan fingerprint density at radius 3 is 2.91 bits per heavy atom. The van der Waals surface area contributed by atoms with Gasteiger partial charge in [-0.05, 0) is 26.7 Å². The van der Waals surface area contributed by atoms with Crippen LogP contribution in [0.4, 0.5) is 0 Å². The zero-order chi connectivity index (χ0) is 16.0. The molecule has 2 aliphatic rings. The molecular weight excluding hydrogens is 290 g/mol. The number of nitrogens with one attached hydrogen (secondary N) is 1. The molecule has 0 aromatic carbocycles. The highest BCUT2D eigenvalue weighted by Gasteiger charge is 2.29. The molecule has 0 unspecified atom stereocenters. The largest absolute Gasteiger partial charge is 0.310 e. The van der Waals surface area contributed by atoms with Crippen LogP contribution in [0.3, 0.4) is 0 Å². The van der Waals surface area contributed by atoms with E-state index in [9.17, 15) is 4.79 Å². The molecule has 1 aliphatic carbocycles. The summed E-state index contributed by atoms with van der Waals surface area (Å²) in [4.78, 5) is 22.4. The van der Waals surface area contributed by atoms with Gasteiger partial charge in [0.15, 0.2) is 0 Å². The molecule has 23 heavy (non-hydrogen) atoms. The normalized spacial score (nSPS) is 18.2. The van der Waals surface area contributed by atoms with E-state index in [1.54, 1.807) is 0 Å². The molecule has 2 aromatic heterocycles. The predicted octanol–water partition coefficient (Wildman–Crippen LogP) is 1.73. The highest BCUT2D eigenvalue weighted by atomic mass is 16.1. The molecular formula is C17H23N5O. The van der Waals surface area contributed by atoms with E-state index >= 15 is 0 Å². The molecule has 0 saturated heterocycles. The lowest BCUT2D eigenvalue weighted by Crippen LogP contribution is -2.35. The van der Waals surface area contributed by atoms with Crippen LogP contribution >= 0.6 is 0 Å². The highest BCUT2D eigenvalue weighted by Crippen LogP contribution is 2.37. The van der Waals surface area contributed by atoms with Gasteiger partial charge in [-0.2, -0.15) is 5.10 Å². The third kappa shape index (κ3) is 2.72. The van der Waals surface area contributed by atoms with Gasteiger partial charge in [0.2, 0.25) is 0 Å². The highest BCUT2D eigenvalue weighted by molar-refractivity contribution is 5.24. The molecule has 1 saturated carbocycles. The van der Waals surface area contributed by atoms with Crippen molar-refractivity contribution in [2.45, 2.75) is 58.7 Å². The van der Waals surface area contributed by atoms with Crippen molar-refractivity contribution in [3.63, 3.8) is 0 Å². The number of H-pyrrole nitrogens is 1. The summed E-state index contributed by atoms with van der Waals surface area (Å²) in [5, 5.41) is 4.41. The third-order valence-corrected chi connectivity index (χ3v) is 5.03. The average molecular weight is 313 g/mol. The van der Waals surface area contributed by atoms with Gasteiger partial charge in [-0.1, -0.05) is 0 Å². The van der Waals surface area contributed by atoms with E-state index in [0.717, 1.165) is 56.0 Å². The van der Waals surface area contributed by atoms with Crippen LogP contribution < -0.4 is 5.56 Å². The summed E-state index contributed by atoms with van der Waals surface area (Å²) in [6, 6.07) is 0. The smallest absolute Gasteiger partial charge is 0.255 e. The Morgan fingerprint density at radius 2 is 2.22 bits per heavy atom. The fraction of sp³-hybridized carbons (Fsp3) is 0.588. The molecule has 0 amide bonds. The maximum atomic E-state index is 12.4. The fourth-order valence-electron chi connectivity index (χ4n) is 3.39. The molecule has 0 radical (unpaired) electrons. The minimum atomic E-state index is 0.0579. The number of aromatic nitrogens is 4. The summed E-state index contributed by atoms with van der Waals surface area (Å²) < 4.78 is 2.02. The molecule has 6 heteroatoms. The standard InChI is InChI=1S/C17H23N5O/c1-3-22-11(2)13(8-18-22)9-21-7-6-15-14(10-21)17(23)20-16(19-15)12-4-5-12/h8,12H,3-7,9-10H2,1-2H3,(H,19,20,23). The molecule has 4 rings (SSSR count). The van der Waals surface area contributed by atoms with Gasteiger partial charge in [0.05, 0.1) is 17.5 Å². The number of hydrogen-bond donors (Lipinski definition) is 1. The Hall–Kier alpha value is -1.95. The van der Waals surface area contributed by atoms with Crippen molar-refractivity contribution in [2.75, 3.05) is 6.54 Å². The van der Waals surface area contributed by atoms with Crippen LogP contribution in [0.2, 0.25) is 0 Å². The fourth-order valence-corrected chi connectivity index (χ4v) is 3.39. The van der Waals surface area contributed by atoms with Crippen LogP contribution in [0.25, 0.3) is 0 Å². The van der Waals surface area contributed by atoms with E-state index in [-0.39, 0.29) is 5.56 Å². The van der Waals surface area contributed by atoms with Crippen LogP contribution in [0, 0.1) is 6.92 Å². The summed E-state index contributed by atoms with van der Waals surface area (Å²) in [5.41, 5.74) is 4.38. The zero-order valence-electron chi connectivity index (χ0n) is 13.8. The first-order valence-electron chi connectivity index (χ1n) is 8.51. The van der Waals surface area contributed by atoms with Crippen molar-refractivity contribution in [3.05, 3.63) is 44.9 Å². The Balaban J connectivity index is 1.54. The number of aryl methyl sites for hydroxylation is 1. The lowest BCUT2D eigenvalue weighted by atomic mass is 10.1. The second-order valence-electron chi connectivity index (χ2n) is 6.68. The monoisotopic (exact) mass is 313 g/mol. The van der Waals surface area contributed by atoms with Crippen molar-refractivity contribution in [1.29, 1.82) is 0 Å². The van der Waals surface area contributed by atoms with Crippen molar-refractivity contribution in [1.82, 2.24) is 24.6 Å². The average Bonchev–Trinajstić information content (AvgIpc) is 3.34. The van der Waals surface area contributed by atoms with E-state index in [2.05, 4.69) is 28.8 Å². The van der Waals surface area contributed by atoms with Gasteiger partial charge in [-0.25, -0.2) is 4.98 Å². The molecule has 0 bridgehead atoms. The van der Waals surface area contributed by atoms with Gasteiger partial charge in [0.1, 0.15) is 5.82 Å². The number of nitrogens with zero attached hydrogens (tertiary/aromatic N) is 4. The lowest BCUT2D eigenvalue weighted by molar-refractivity contribution is 0.241. The topological polar surface area (TPSA) is 66.8 Å². The van der Waals surface area contributed by atoms with Gasteiger partial charge >= 0.3 is 0 Å². The van der Waals surface area contributed by atoms with Crippen LogP contribution in [-0.4, -0.2) is 31.2 Å². The first-order valence-corrected chi connectivity index (χ1v) is 8.51. The summed E-state index contributed by atoms with van der Waals surface area (Å²) in [6.07, 6.45) is 5.13. The summed E-state index contributed by atoms with van der Waals surface area (Å²) in [6.45, 7) is 7.57. The summed E-state index contributed by atoms with van der Waals surface area (Å²) in [5.74, 6) is 1.40. The molecule has 1 N–H and O–H groups in total. The molecule has 0 spiro atoms. The van der Waals surface area contributed by atoms with E-state index in [4.69, 9.17) is 4.98 Å². The molecule has 1 fully saturated rings. The Kier molecular flexibility index (Phi) is 3.56. The third-order valence-electron chi connectivity index (χ3n) is 5.03. The first kappa shape index (κ1) is 14.6. The van der Waals surface area contributed by atoms with Gasteiger partial charge in [0, 0.05) is 49.8 Å². The first-order chi connectivity index (χ1) is 11.2. The molecule has 1 aliphatic heterocycles. The second kappa shape index (κ2) is 5.60. The molecule has 6 nitrogen and oxygen atoms in total. The van der Waals surface area contributed by atoms with E-state index in [0.29, 0.717) is 12.5 Å². The Bertz CT molecular complexity index is 787. The van der Waals surface area contributed by atoms with E-state index in [1.807, 2.05) is 10.9 Å². The van der Waals surface area contributed by atoms with Crippen LogP contribution in [0.1, 0.15) is 54.0 Å². The molecule has 122 valence electrons. The number of aromatic amines is 1. The van der Waals surface area contributed by atoms with Crippen molar-refractivity contribution in [3.8, 4) is 0 Å². The van der Waals surface area contributed by atoms with Crippen molar-refractivity contribution < 1.29 is 0 Å². The maximum absolute atomic E-state index is 12.4. The van der Waals surface area contributed by atoms with Gasteiger partial charge in [-0.3, -0.25) is 14.4 Å². The maximum Gasteiger partial charge on any atom is 0.255 e. The summed E-state index contributed by atoms with van der Waals surface area (Å²) in [7, 11) is 0. The Labute approximate surface area is 135 Å². The van der Waals surface area contributed by atoms with Gasteiger partial charge < -0.3 is 4.98 Å². The number of fused-ring (bicyclic) bond motifs is 1. The number of hydrogen-bond acceptors (Lipinski definition) is 4.